The second kappa shape index (κ2) is 5.21. The van der Waals surface area contributed by atoms with Crippen LogP contribution in [0.1, 0.15) is 90.9 Å². The maximum absolute atomic E-state index is 12.6. The van der Waals surface area contributed by atoms with Gasteiger partial charge in [0.2, 0.25) is 0 Å². The van der Waals surface area contributed by atoms with Crippen LogP contribution in [0.2, 0.25) is 0 Å². The molecule has 0 aromatic rings. The Hall–Kier alpha value is -0.590. The molecule has 1 heteroatoms. The van der Waals surface area contributed by atoms with Crippen LogP contribution in [0.4, 0.5) is 0 Å². The average Bonchev–Trinajstić information content (AvgIpc) is 2.81. The lowest BCUT2D eigenvalue weighted by atomic mass is 9.46. The highest BCUT2D eigenvalue weighted by Gasteiger charge is 2.59. The van der Waals surface area contributed by atoms with Gasteiger partial charge < -0.3 is 0 Å². The Morgan fingerprint density at radius 1 is 0.833 bits per heavy atom. The molecule has 4 saturated carbocycles. The predicted octanol–water partition coefficient (Wildman–Crippen LogP) is 6.08. The molecular formula is C23H34O. The first-order valence-corrected chi connectivity index (χ1v) is 10.8. The minimum absolute atomic E-state index is 0.0361. The molecule has 0 spiro atoms. The zero-order valence-corrected chi connectivity index (χ0v) is 15.7. The zero-order chi connectivity index (χ0) is 16.5. The van der Waals surface area contributed by atoms with Gasteiger partial charge in [-0.3, -0.25) is 4.79 Å². The van der Waals surface area contributed by atoms with Crippen LogP contribution in [-0.4, -0.2) is 5.78 Å². The van der Waals surface area contributed by atoms with Crippen molar-refractivity contribution in [2.75, 3.05) is 0 Å². The maximum atomic E-state index is 12.6. The summed E-state index contributed by atoms with van der Waals surface area (Å²) in [6.45, 7) is 4.96. The quantitative estimate of drug-likeness (QED) is 0.534. The molecule has 132 valence electrons. The average molecular weight is 327 g/mol. The first-order valence-electron chi connectivity index (χ1n) is 10.8. The number of allylic oxidation sites excluding steroid dienone is 2. The summed E-state index contributed by atoms with van der Waals surface area (Å²) in [5.74, 6) is 3.90. The van der Waals surface area contributed by atoms with Gasteiger partial charge in [0, 0.05) is 11.8 Å². The SMILES string of the molecule is C[C@]12CCCCC1=C(C1CCC1)C[C@@H]1[C@H]2CC[C@]2(C)C(=O)CC[C@@H]12. The number of carbonyl (C=O) groups is 1. The fourth-order valence-electron chi connectivity index (χ4n) is 7.85. The molecule has 5 aliphatic rings. The van der Waals surface area contributed by atoms with Crippen molar-refractivity contribution in [1.82, 2.24) is 0 Å². The Labute approximate surface area is 147 Å². The molecule has 1 nitrogen and oxygen atoms in total. The van der Waals surface area contributed by atoms with Gasteiger partial charge in [0.1, 0.15) is 5.78 Å². The van der Waals surface area contributed by atoms with Gasteiger partial charge in [-0.2, -0.15) is 0 Å². The van der Waals surface area contributed by atoms with E-state index in [2.05, 4.69) is 13.8 Å². The molecule has 0 aliphatic heterocycles. The van der Waals surface area contributed by atoms with Gasteiger partial charge >= 0.3 is 0 Å². The zero-order valence-electron chi connectivity index (χ0n) is 15.7. The highest BCUT2D eigenvalue weighted by atomic mass is 16.1. The fourth-order valence-corrected chi connectivity index (χ4v) is 7.85. The molecule has 0 aromatic carbocycles. The van der Waals surface area contributed by atoms with Crippen LogP contribution >= 0.6 is 0 Å². The second-order valence-electron chi connectivity index (χ2n) is 10.3. The summed E-state index contributed by atoms with van der Waals surface area (Å²) in [4.78, 5) is 12.6. The van der Waals surface area contributed by atoms with E-state index in [1.165, 1.54) is 70.6 Å². The van der Waals surface area contributed by atoms with Crippen LogP contribution in [0.25, 0.3) is 0 Å². The van der Waals surface area contributed by atoms with Crippen molar-refractivity contribution >= 4 is 5.78 Å². The van der Waals surface area contributed by atoms with Crippen LogP contribution in [-0.2, 0) is 4.79 Å². The third kappa shape index (κ3) is 1.91. The highest BCUT2D eigenvalue weighted by Crippen LogP contribution is 2.66. The molecule has 0 heterocycles. The highest BCUT2D eigenvalue weighted by molar-refractivity contribution is 5.87. The van der Waals surface area contributed by atoms with Crippen molar-refractivity contribution in [1.29, 1.82) is 0 Å². The first kappa shape index (κ1) is 15.6. The smallest absolute Gasteiger partial charge is 0.139 e. The monoisotopic (exact) mass is 326 g/mol. The molecule has 0 N–H and O–H groups in total. The first-order chi connectivity index (χ1) is 11.5. The molecular weight excluding hydrogens is 292 g/mol. The molecule has 0 unspecified atom stereocenters. The number of ketones is 1. The number of Topliss-reactive ketones (excluding diaryl/α,β-unsaturated/α-hetero) is 1. The van der Waals surface area contributed by atoms with Crippen molar-refractivity contribution in [3.8, 4) is 0 Å². The van der Waals surface area contributed by atoms with Gasteiger partial charge in [0.15, 0.2) is 0 Å². The summed E-state index contributed by atoms with van der Waals surface area (Å²) in [6, 6.07) is 0. The molecule has 5 atom stereocenters. The van der Waals surface area contributed by atoms with Crippen molar-refractivity contribution in [3.63, 3.8) is 0 Å². The largest absolute Gasteiger partial charge is 0.299 e. The minimum atomic E-state index is 0.0361. The summed E-state index contributed by atoms with van der Waals surface area (Å²) >= 11 is 0. The van der Waals surface area contributed by atoms with Crippen molar-refractivity contribution in [2.24, 2.45) is 34.5 Å². The normalized spacial score (nSPS) is 48.6. The van der Waals surface area contributed by atoms with Crippen LogP contribution < -0.4 is 0 Å². The second-order valence-corrected chi connectivity index (χ2v) is 10.3. The van der Waals surface area contributed by atoms with Gasteiger partial charge in [-0.15, -0.1) is 0 Å². The van der Waals surface area contributed by atoms with Gasteiger partial charge in [0.25, 0.3) is 0 Å². The lowest BCUT2D eigenvalue weighted by Crippen LogP contribution is -2.51. The Bertz CT molecular complexity index is 597. The van der Waals surface area contributed by atoms with E-state index < -0.39 is 0 Å². The van der Waals surface area contributed by atoms with Crippen LogP contribution in [0.5, 0.6) is 0 Å². The van der Waals surface area contributed by atoms with E-state index in [0.717, 1.165) is 24.2 Å². The van der Waals surface area contributed by atoms with E-state index in [9.17, 15) is 4.79 Å². The standard InChI is InChI=1S/C23H34O/c1-22-12-4-3-8-18(22)16(15-6-5-7-15)14-17-19-9-10-21(24)23(19,2)13-11-20(17)22/h15,17,19-20H,3-14H2,1-2H3/t17-,19-,20+,22-,23-/m0/s1. The molecule has 0 radical (unpaired) electrons. The van der Waals surface area contributed by atoms with Gasteiger partial charge in [0.05, 0.1) is 0 Å². The molecule has 24 heavy (non-hydrogen) atoms. The summed E-state index contributed by atoms with van der Waals surface area (Å²) < 4.78 is 0. The van der Waals surface area contributed by atoms with Gasteiger partial charge in [-0.05, 0) is 86.9 Å². The summed E-state index contributed by atoms with van der Waals surface area (Å²) in [6.07, 6.45) is 16.0. The molecule has 0 amide bonds. The summed E-state index contributed by atoms with van der Waals surface area (Å²) in [7, 11) is 0. The third-order valence-corrected chi connectivity index (χ3v) is 9.47. The number of rotatable bonds is 1. The number of carbonyl (C=O) groups excluding carboxylic acids is 1. The summed E-state index contributed by atoms with van der Waals surface area (Å²) in [5.41, 5.74) is 4.36. The van der Waals surface area contributed by atoms with E-state index >= 15 is 0 Å². The van der Waals surface area contributed by atoms with Crippen molar-refractivity contribution < 1.29 is 4.79 Å². The molecule has 4 fully saturated rings. The number of hydrogen-bond acceptors (Lipinski definition) is 1. The lowest BCUT2D eigenvalue weighted by Gasteiger charge is -2.58. The van der Waals surface area contributed by atoms with Gasteiger partial charge in [-0.1, -0.05) is 37.8 Å². The van der Waals surface area contributed by atoms with E-state index in [-0.39, 0.29) is 5.41 Å². The number of fused-ring (bicyclic) bond motifs is 5. The molecule has 0 saturated heterocycles. The van der Waals surface area contributed by atoms with E-state index in [4.69, 9.17) is 0 Å². The third-order valence-electron chi connectivity index (χ3n) is 9.47. The minimum Gasteiger partial charge on any atom is -0.299 e. The van der Waals surface area contributed by atoms with Crippen LogP contribution in [0, 0.1) is 34.5 Å². The molecule has 5 aliphatic carbocycles. The topological polar surface area (TPSA) is 17.1 Å². The molecule has 0 bridgehead atoms. The van der Waals surface area contributed by atoms with Crippen molar-refractivity contribution in [2.45, 2.75) is 90.9 Å². The van der Waals surface area contributed by atoms with E-state index in [0.29, 0.717) is 17.1 Å². The van der Waals surface area contributed by atoms with E-state index in [1.54, 1.807) is 0 Å². The number of hydrogen-bond donors (Lipinski definition) is 0. The van der Waals surface area contributed by atoms with Crippen LogP contribution in [0.3, 0.4) is 0 Å². The van der Waals surface area contributed by atoms with Crippen LogP contribution in [0.15, 0.2) is 11.1 Å². The Morgan fingerprint density at radius 2 is 1.62 bits per heavy atom. The maximum Gasteiger partial charge on any atom is 0.139 e. The lowest BCUT2D eigenvalue weighted by molar-refractivity contribution is -0.132. The Kier molecular flexibility index (Phi) is 3.40. The van der Waals surface area contributed by atoms with Gasteiger partial charge in [-0.25, -0.2) is 0 Å². The van der Waals surface area contributed by atoms with E-state index in [1.807, 2.05) is 11.1 Å². The Balaban J connectivity index is 1.58. The summed E-state index contributed by atoms with van der Waals surface area (Å²) in [5, 5.41) is 0. The fraction of sp³-hybridized carbons (Fsp3) is 0.870. The molecule has 0 aromatic heterocycles. The Morgan fingerprint density at radius 3 is 2.38 bits per heavy atom. The predicted molar refractivity (Wildman–Crippen MR) is 97.6 cm³/mol. The molecule has 5 rings (SSSR count). The van der Waals surface area contributed by atoms with Crippen molar-refractivity contribution in [3.05, 3.63) is 11.1 Å².